The van der Waals surface area contributed by atoms with Crippen molar-refractivity contribution >= 4 is 39.8 Å². The maximum atomic E-state index is 14.0. The van der Waals surface area contributed by atoms with Gasteiger partial charge in [-0.1, -0.05) is 6.58 Å². The average molecular weight is 540 g/mol. The van der Waals surface area contributed by atoms with Crippen LogP contribution in [0.1, 0.15) is 0 Å². The molecule has 2 heterocycles. The number of likely N-dealkylation sites (N-methyl/N-ethyl adjacent to an activating group) is 2. The van der Waals surface area contributed by atoms with Crippen molar-refractivity contribution in [2.24, 2.45) is 7.05 Å². The second-order valence-corrected chi connectivity index (χ2v) is 8.67. The number of rotatable bonds is 11. The van der Waals surface area contributed by atoms with Crippen LogP contribution in [0.3, 0.4) is 0 Å². The van der Waals surface area contributed by atoms with E-state index >= 15 is 0 Å². The predicted octanol–water partition coefficient (Wildman–Crippen LogP) is 4.90. The molecule has 4 aromatic rings. The fourth-order valence-corrected chi connectivity index (χ4v) is 4.12. The average Bonchev–Trinajstić information content (AvgIpc) is 3.23. The van der Waals surface area contributed by atoms with E-state index < -0.39 is 12.5 Å². The Morgan fingerprint density at radius 3 is 2.74 bits per heavy atom. The zero-order valence-corrected chi connectivity index (χ0v) is 21.6. The summed E-state index contributed by atoms with van der Waals surface area (Å²) in [7, 11) is 5.39. The number of alkyl halides is 2. The van der Waals surface area contributed by atoms with Crippen molar-refractivity contribution in [3.63, 3.8) is 0 Å². The largest absolute Gasteiger partial charge is 0.433 e. The molecule has 0 bridgehead atoms. The quantitative estimate of drug-likeness (QED) is 0.233. The lowest BCUT2D eigenvalue weighted by molar-refractivity contribution is -0.111. The van der Waals surface area contributed by atoms with Gasteiger partial charge < -0.3 is 30.2 Å². The van der Waals surface area contributed by atoms with Gasteiger partial charge in [-0.3, -0.25) is 4.79 Å². The molecule has 12 heteroatoms. The molecule has 2 aromatic carbocycles. The first-order valence-corrected chi connectivity index (χ1v) is 12.0. The second kappa shape index (κ2) is 11.9. The van der Waals surface area contributed by atoms with Gasteiger partial charge in [-0.15, -0.1) is 0 Å². The van der Waals surface area contributed by atoms with Crippen LogP contribution in [0.4, 0.5) is 36.2 Å². The Bertz CT molecular complexity index is 1510. The Morgan fingerprint density at radius 2 is 2.03 bits per heavy atom. The van der Waals surface area contributed by atoms with Gasteiger partial charge in [-0.25, -0.2) is 14.4 Å². The number of ether oxygens (including phenoxy) is 1. The summed E-state index contributed by atoms with van der Waals surface area (Å²) < 4.78 is 47.4. The molecular formula is C27H28F3N7O2. The molecule has 9 nitrogen and oxygen atoms in total. The Balaban J connectivity index is 1.77. The van der Waals surface area contributed by atoms with Gasteiger partial charge in [0.1, 0.15) is 5.82 Å². The van der Waals surface area contributed by atoms with Gasteiger partial charge in [0.25, 0.3) is 0 Å². The molecule has 0 fully saturated rings. The van der Waals surface area contributed by atoms with E-state index in [0.29, 0.717) is 41.1 Å². The van der Waals surface area contributed by atoms with Crippen LogP contribution >= 0.6 is 0 Å². The minimum Gasteiger partial charge on any atom is -0.433 e. The maximum absolute atomic E-state index is 14.0. The van der Waals surface area contributed by atoms with Crippen LogP contribution in [0.15, 0.2) is 61.4 Å². The minimum atomic E-state index is -3.10. The van der Waals surface area contributed by atoms with Crippen LogP contribution in [0, 0.1) is 5.82 Å². The van der Waals surface area contributed by atoms with Crippen molar-refractivity contribution in [2.75, 3.05) is 42.7 Å². The number of carbonyl (C=O) groups is 1. The van der Waals surface area contributed by atoms with Crippen LogP contribution in [0.25, 0.3) is 22.2 Å². The molecular weight excluding hydrogens is 511 g/mol. The molecule has 0 spiro atoms. The molecule has 4 rings (SSSR count). The number of nitrogens with one attached hydrogen (secondary N) is 3. The SMILES string of the molecule is C=CC(=O)Nc1cc(Nc2nccc(-c3cn(C)c4ccc(F)cc34)n2)c(OC(F)F)cc1N(C)CCNC. The molecule has 2 aromatic heterocycles. The van der Waals surface area contributed by atoms with Crippen LogP contribution in [0.2, 0.25) is 0 Å². The Kier molecular flexibility index (Phi) is 8.35. The van der Waals surface area contributed by atoms with Crippen molar-refractivity contribution in [3.8, 4) is 17.0 Å². The van der Waals surface area contributed by atoms with Crippen molar-refractivity contribution in [1.82, 2.24) is 19.9 Å². The van der Waals surface area contributed by atoms with Crippen molar-refractivity contribution < 1.29 is 22.7 Å². The zero-order valence-electron chi connectivity index (χ0n) is 21.6. The van der Waals surface area contributed by atoms with E-state index in [1.165, 1.54) is 30.5 Å². The number of anilines is 4. The van der Waals surface area contributed by atoms with Gasteiger partial charge in [-0.2, -0.15) is 8.78 Å². The Labute approximate surface area is 223 Å². The highest BCUT2D eigenvalue weighted by atomic mass is 19.3. The molecule has 204 valence electrons. The molecule has 0 atom stereocenters. The number of carbonyl (C=O) groups excluding carboxylic acids is 1. The smallest absolute Gasteiger partial charge is 0.387 e. The Hall–Kier alpha value is -4.58. The van der Waals surface area contributed by atoms with E-state index in [4.69, 9.17) is 4.74 Å². The number of hydrogen-bond donors (Lipinski definition) is 3. The van der Waals surface area contributed by atoms with E-state index in [9.17, 15) is 18.0 Å². The highest BCUT2D eigenvalue weighted by Crippen LogP contribution is 2.39. The summed E-state index contributed by atoms with van der Waals surface area (Å²) in [4.78, 5) is 22.7. The number of halogens is 3. The van der Waals surface area contributed by atoms with Crippen LogP contribution in [0.5, 0.6) is 5.75 Å². The first-order chi connectivity index (χ1) is 18.7. The number of benzene rings is 2. The summed E-state index contributed by atoms with van der Waals surface area (Å²) in [5.74, 6) is -0.954. The summed E-state index contributed by atoms with van der Waals surface area (Å²) in [6, 6.07) is 9.01. The van der Waals surface area contributed by atoms with Crippen molar-refractivity contribution in [2.45, 2.75) is 6.61 Å². The molecule has 0 aliphatic carbocycles. The van der Waals surface area contributed by atoms with Crippen LogP contribution < -0.4 is 25.6 Å². The molecule has 0 unspecified atom stereocenters. The van der Waals surface area contributed by atoms with Crippen molar-refractivity contribution in [1.29, 1.82) is 0 Å². The highest BCUT2D eigenvalue weighted by Gasteiger charge is 2.19. The molecule has 39 heavy (non-hydrogen) atoms. The molecule has 0 saturated carbocycles. The first kappa shape index (κ1) is 27.5. The summed E-state index contributed by atoms with van der Waals surface area (Å²) in [5, 5.41) is 9.31. The monoisotopic (exact) mass is 539 g/mol. The van der Waals surface area contributed by atoms with Gasteiger partial charge >= 0.3 is 6.61 Å². The maximum Gasteiger partial charge on any atom is 0.387 e. The number of aromatic nitrogens is 3. The van der Waals surface area contributed by atoms with Crippen LogP contribution in [-0.2, 0) is 11.8 Å². The lowest BCUT2D eigenvalue weighted by Gasteiger charge is -2.25. The number of fused-ring (bicyclic) bond motifs is 1. The van der Waals surface area contributed by atoms with E-state index in [2.05, 4.69) is 32.5 Å². The van der Waals surface area contributed by atoms with Gasteiger partial charge in [0.2, 0.25) is 11.9 Å². The first-order valence-electron chi connectivity index (χ1n) is 12.0. The molecule has 0 aliphatic heterocycles. The van der Waals surface area contributed by atoms with Gasteiger partial charge in [0.15, 0.2) is 5.75 Å². The molecule has 0 aliphatic rings. The number of amides is 1. The lowest BCUT2D eigenvalue weighted by atomic mass is 10.1. The molecule has 0 saturated heterocycles. The minimum absolute atomic E-state index is 0.0808. The number of aryl methyl sites for hydroxylation is 1. The lowest BCUT2D eigenvalue weighted by Crippen LogP contribution is -2.28. The van der Waals surface area contributed by atoms with Gasteiger partial charge in [-0.05, 0) is 43.5 Å². The fourth-order valence-electron chi connectivity index (χ4n) is 4.12. The van der Waals surface area contributed by atoms with E-state index in [0.717, 1.165) is 11.6 Å². The van der Waals surface area contributed by atoms with E-state index in [-0.39, 0.29) is 23.2 Å². The molecule has 3 N–H and O–H groups in total. The van der Waals surface area contributed by atoms with E-state index in [1.54, 1.807) is 31.1 Å². The predicted molar refractivity (Wildman–Crippen MR) is 146 cm³/mol. The number of nitrogens with zero attached hydrogens (tertiary/aromatic N) is 4. The second-order valence-electron chi connectivity index (χ2n) is 8.67. The summed E-state index contributed by atoms with van der Waals surface area (Å²) in [5.41, 5.74) is 2.86. The zero-order chi connectivity index (χ0) is 28.1. The summed E-state index contributed by atoms with van der Waals surface area (Å²) in [6.45, 7) is 1.50. The third kappa shape index (κ3) is 6.29. The Morgan fingerprint density at radius 1 is 1.23 bits per heavy atom. The standard InChI is InChI=1S/C27H28F3N7O2/c1-5-25(38)33-20-13-21(24(39-26(29)30)14-23(20)36(3)11-10-31-2)35-27-32-9-8-19(34-27)18-15-37(4)22-7-6-16(28)12-17(18)22/h5-9,12-15,26,31H,1,10-11H2,2-4H3,(H,33,38)(H,32,34,35). The van der Waals surface area contributed by atoms with Gasteiger partial charge in [0.05, 0.1) is 22.8 Å². The highest BCUT2D eigenvalue weighted by molar-refractivity contribution is 6.02. The van der Waals surface area contributed by atoms with Crippen molar-refractivity contribution in [3.05, 3.63) is 67.3 Å². The fraction of sp³-hybridized carbons (Fsp3) is 0.222. The number of hydrogen-bond acceptors (Lipinski definition) is 7. The third-order valence-electron chi connectivity index (χ3n) is 6.00. The van der Waals surface area contributed by atoms with E-state index in [1.807, 2.05) is 17.8 Å². The third-order valence-corrected chi connectivity index (χ3v) is 6.00. The summed E-state index contributed by atoms with van der Waals surface area (Å²) in [6.07, 6.45) is 4.42. The normalized spacial score (nSPS) is 11.1. The van der Waals surface area contributed by atoms with Crippen LogP contribution in [-0.4, -0.2) is 54.2 Å². The molecule has 1 amide bonds. The van der Waals surface area contributed by atoms with Gasteiger partial charge in [0, 0.05) is 62.1 Å². The summed E-state index contributed by atoms with van der Waals surface area (Å²) >= 11 is 0. The molecule has 0 radical (unpaired) electrons. The topological polar surface area (TPSA) is 96.3 Å².